The predicted octanol–water partition coefficient (Wildman–Crippen LogP) is 2.68. The van der Waals surface area contributed by atoms with Crippen LogP contribution >= 0.6 is 11.6 Å². The minimum absolute atomic E-state index is 0.0557. The minimum Gasteiger partial charge on any atom is -0.390 e. The lowest BCUT2D eigenvalue weighted by atomic mass is 10.1. The van der Waals surface area contributed by atoms with E-state index in [0.717, 1.165) is 23.3 Å². The van der Waals surface area contributed by atoms with Gasteiger partial charge in [-0.2, -0.15) is 5.10 Å². The summed E-state index contributed by atoms with van der Waals surface area (Å²) in [5, 5.41) is 14.3. The zero-order valence-electron chi connectivity index (χ0n) is 9.44. The van der Waals surface area contributed by atoms with Gasteiger partial charge >= 0.3 is 0 Å². The van der Waals surface area contributed by atoms with Gasteiger partial charge in [0.05, 0.1) is 23.5 Å². The van der Waals surface area contributed by atoms with E-state index in [0.29, 0.717) is 10.9 Å². The van der Waals surface area contributed by atoms with E-state index < -0.39 is 0 Å². The summed E-state index contributed by atoms with van der Waals surface area (Å²) in [4.78, 5) is 0. The van der Waals surface area contributed by atoms with Gasteiger partial charge in [0, 0.05) is 5.02 Å². The Bertz CT molecular complexity index is 505. The lowest BCUT2D eigenvalue weighted by Crippen LogP contribution is -2.00. The highest BCUT2D eigenvalue weighted by Crippen LogP contribution is 2.18. The Morgan fingerprint density at radius 1 is 1.38 bits per heavy atom. The molecule has 2 rings (SSSR count). The van der Waals surface area contributed by atoms with Crippen LogP contribution in [0.4, 0.5) is 0 Å². The average molecular weight is 239 g/mol. The van der Waals surface area contributed by atoms with Gasteiger partial charge in [-0.3, -0.25) is 0 Å². The van der Waals surface area contributed by atoms with Gasteiger partial charge in [-0.25, -0.2) is 4.52 Å². The zero-order chi connectivity index (χ0) is 11.7. The molecule has 0 unspecified atom stereocenters. The van der Waals surface area contributed by atoms with Crippen LogP contribution in [0.1, 0.15) is 25.2 Å². The van der Waals surface area contributed by atoms with Crippen LogP contribution in [0.3, 0.4) is 0 Å². The van der Waals surface area contributed by atoms with E-state index in [4.69, 9.17) is 11.6 Å². The van der Waals surface area contributed by atoms with E-state index in [1.165, 1.54) is 0 Å². The summed E-state index contributed by atoms with van der Waals surface area (Å²) < 4.78 is 1.75. The minimum atomic E-state index is -0.0557. The molecular weight excluding hydrogens is 224 g/mol. The number of fused-ring (bicyclic) bond motifs is 1. The fraction of sp³-hybridized carbons (Fsp3) is 0.417. The van der Waals surface area contributed by atoms with Gasteiger partial charge in [-0.1, -0.05) is 25.4 Å². The molecule has 0 saturated heterocycles. The maximum absolute atomic E-state index is 9.23. The number of halogens is 1. The van der Waals surface area contributed by atoms with Gasteiger partial charge in [0.25, 0.3) is 0 Å². The molecule has 0 aromatic carbocycles. The molecule has 0 atom stereocenters. The first-order valence-electron chi connectivity index (χ1n) is 5.38. The Morgan fingerprint density at radius 2 is 2.12 bits per heavy atom. The van der Waals surface area contributed by atoms with Crippen molar-refractivity contribution in [2.75, 3.05) is 0 Å². The highest BCUT2D eigenvalue weighted by molar-refractivity contribution is 6.30. The van der Waals surface area contributed by atoms with Gasteiger partial charge in [0.15, 0.2) is 0 Å². The van der Waals surface area contributed by atoms with E-state index >= 15 is 0 Å². The second-order valence-electron chi connectivity index (χ2n) is 4.39. The first kappa shape index (κ1) is 11.4. The van der Waals surface area contributed by atoms with Crippen molar-refractivity contribution in [3.8, 4) is 0 Å². The summed E-state index contributed by atoms with van der Waals surface area (Å²) in [6.45, 7) is 4.26. The molecule has 86 valence electrons. The van der Waals surface area contributed by atoms with Gasteiger partial charge in [-0.05, 0) is 30.5 Å². The van der Waals surface area contributed by atoms with Crippen LogP contribution in [0.25, 0.3) is 5.52 Å². The number of hydrogen-bond donors (Lipinski definition) is 1. The summed E-state index contributed by atoms with van der Waals surface area (Å²) in [5.74, 6) is 0.568. The van der Waals surface area contributed by atoms with Crippen LogP contribution in [-0.2, 0) is 13.0 Å². The molecular formula is C12H15ClN2O. The Kier molecular flexibility index (Phi) is 3.17. The summed E-state index contributed by atoms with van der Waals surface area (Å²) in [6.07, 6.45) is 0.935. The SMILES string of the molecule is CC(C)Cc1cc2cc(Cl)cc(CO)n2n1. The van der Waals surface area contributed by atoms with Crippen molar-refractivity contribution in [3.05, 3.63) is 34.6 Å². The second-order valence-corrected chi connectivity index (χ2v) is 4.83. The van der Waals surface area contributed by atoms with E-state index in [2.05, 4.69) is 18.9 Å². The molecule has 0 saturated carbocycles. The highest BCUT2D eigenvalue weighted by atomic mass is 35.5. The van der Waals surface area contributed by atoms with Crippen molar-refractivity contribution in [3.63, 3.8) is 0 Å². The Morgan fingerprint density at radius 3 is 2.75 bits per heavy atom. The van der Waals surface area contributed by atoms with Crippen LogP contribution in [0.15, 0.2) is 18.2 Å². The number of aromatic nitrogens is 2. The average Bonchev–Trinajstić information content (AvgIpc) is 2.57. The molecule has 2 aromatic rings. The monoisotopic (exact) mass is 238 g/mol. The van der Waals surface area contributed by atoms with Crippen molar-refractivity contribution in [2.24, 2.45) is 5.92 Å². The number of nitrogens with zero attached hydrogens (tertiary/aromatic N) is 2. The number of pyridine rings is 1. The second kappa shape index (κ2) is 4.44. The molecule has 2 heterocycles. The highest BCUT2D eigenvalue weighted by Gasteiger charge is 2.08. The summed E-state index contributed by atoms with van der Waals surface area (Å²) in [5.41, 5.74) is 2.69. The van der Waals surface area contributed by atoms with E-state index in [-0.39, 0.29) is 6.61 Å². The van der Waals surface area contributed by atoms with Crippen molar-refractivity contribution >= 4 is 17.1 Å². The predicted molar refractivity (Wildman–Crippen MR) is 64.7 cm³/mol. The summed E-state index contributed by atoms with van der Waals surface area (Å²) in [7, 11) is 0. The molecule has 0 bridgehead atoms. The quantitative estimate of drug-likeness (QED) is 0.893. The van der Waals surface area contributed by atoms with Gasteiger partial charge < -0.3 is 5.11 Å². The maximum Gasteiger partial charge on any atom is 0.0854 e. The van der Waals surface area contributed by atoms with Crippen molar-refractivity contribution in [2.45, 2.75) is 26.9 Å². The largest absolute Gasteiger partial charge is 0.390 e. The van der Waals surface area contributed by atoms with E-state index in [9.17, 15) is 5.11 Å². The lowest BCUT2D eigenvalue weighted by Gasteiger charge is -2.02. The normalized spacial score (nSPS) is 11.6. The standard InChI is InChI=1S/C12H15ClN2O/c1-8(2)3-10-6-11-4-9(13)5-12(7-16)15(11)14-10/h4-6,8,16H,3,7H2,1-2H3. The number of aliphatic hydroxyl groups is 1. The third kappa shape index (κ3) is 2.20. The van der Waals surface area contributed by atoms with Crippen LogP contribution < -0.4 is 0 Å². The van der Waals surface area contributed by atoms with Gasteiger partial charge in [-0.15, -0.1) is 0 Å². The Balaban J connectivity index is 2.51. The molecule has 1 N–H and O–H groups in total. The molecule has 16 heavy (non-hydrogen) atoms. The number of rotatable bonds is 3. The topological polar surface area (TPSA) is 37.5 Å². The fourth-order valence-corrected chi connectivity index (χ4v) is 2.05. The molecule has 0 fully saturated rings. The molecule has 0 amide bonds. The first-order chi connectivity index (χ1) is 7.60. The molecule has 0 aliphatic heterocycles. The molecule has 2 aromatic heterocycles. The van der Waals surface area contributed by atoms with E-state index in [1.807, 2.05) is 12.1 Å². The molecule has 0 aliphatic carbocycles. The van der Waals surface area contributed by atoms with Crippen molar-refractivity contribution < 1.29 is 5.11 Å². The molecule has 3 nitrogen and oxygen atoms in total. The molecule has 0 aliphatic rings. The smallest absolute Gasteiger partial charge is 0.0854 e. The Labute approximate surface area is 99.7 Å². The lowest BCUT2D eigenvalue weighted by molar-refractivity contribution is 0.273. The van der Waals surface area contributed by atoms with Crippen LogP contribution in [0, 0.1) is 5.92 Å². The van der Waals surface area contributed by atoms with Crippen LogP contribution in [0.2, 0.25) is 5.02 Å². The number of hydrogen-bond acceptors (Lipinski definition) is 2. The molecule has 4 heteroatoms. The van der Waals surface area contributed by atoms with Crippen LogP contribution in [0.5, 0.6) is 0 Å². The van der Waals surface area contributed by atoms with E-state index in [1.54, 1.807) is 10.6 Å². The zero-order valence-corrected chi connectivity index (χ0v) is 10.2. The number of aliphatic hydroxyl groups excluding tert-OH is 1. The summed E-state index contributed by atoms with van der Waals surface area (Å²) >= 11 is 5.97. The van der Waals surface area contributed by atoms with Crippen LogP contribution in [-0.4, -0.2) is 14.7 Å². The fourth-order valence-electron chi connectivity index (χ4n) is 1.81. The maximum atomic E-state index is 9.23. The van der Waals surface area contributed by atoms with Gasteiger partial charge in [0.1, 0.15) is 0 Å². The first-order valence-corrected chi connectivity index (χ1v) is 5.76. The van der Waals surface area contributed by atoms with Gasteiger partial charge in [0.2, 0.25) is 0 Å². The van der Waals surface area contributed by atoms with Crippen molar-refractivity contribution in [1.82, 2.24) is 9.61 Å². The molecule has 0 radical (unpaired) electrons. The summed E-state index contributed by atoms with van der Waals surface area (Å²) in [6, 6.07) is 5.61. The van der Waals surface area contributed by atoms with Crippen molar-refractivity contribution in [1.29, 1.82) is 0 Å². The third-order valence-corrected chi connectivity index (χ3v) is 2.65. The molecule has 0 spiro atoms. The third-order valence-electron chi connectivity index (χ3n) is 2.43. The Hall–Kier alpha value is -1.06.